The highest BCUT2D eigenvalue weighted by molar-refractivity contribution is 7.18. The van der Waals surface area contributed by atoms with Gasteiger partial charge >= 0.3 is 6.03 Å². The van der Waals surface area contributed by atoms with Crippen LogP contribution in [0.2, 0.25) is 0 Å². The summed E-state index contributed by atoms with van der Waals surface area (Å²) >= 11 is 1.65. The number of aliphatic hydroxyl groups excluding tert-OH is 1. The van der Waals surface area contributed by atoms with Gasteiger partial charge in [-0.1, -0.05) is 18.2 Å². The fraction of sp³-hybridized carbons (Fsp3) is 0.375. The molecule has 0 saturated carbocycles. The number of piperazine rings is 1. The third kappa shape index (κ3) is 6.49. The van der Waals surface area contributed by atoms with Crippen LogP contribution in [0.1, 0.15) is 17.5 Å². The molecule has 0 unspecified atom stereocenters. The predicted octanol–water partition coefficient (Wildman–Crippen LogP) is 3.36. The van der Waals surface area contributed by atoms with Crippen molar-refractivity contribution in [1.82, 2.24) is 20.3 Å². The van der Waals surface area contributed by atoms with E-state index < -0.39 is 12.1 Å². The summed E-state index contributed by atoms with van der Waals surface area (Å²) in [5.74, 6) is 0.709. The molecule has 0 radical (unpaired) electrons. The Morgan fingerprint density at radius 2 is 2.15 bits per heavy atom. The number of ether oxygens (including phenoxy) is 1. The SMILES string of the molecule is Cc1nc2cc(OC[C@H](O)CN3CCN(NC(=O)[N+]#Cc4ccccc4)C[C@@H]3C)ccc2s1. The second-order valence-corrected chi connectivity index (χ2v) is 9.36. The second-order valence-electron chi connectivity index (χ2n) is 8.12. The van der Waals surface area contributed by atoms with Crippen molar-refractivity contribution in [3.63, 3.8) is 0 Å². The van der Waals surface area contributed by atoms with E-state index in [2.05, 4.69) is 33.1 Å². The zero-order valence-electron chi connectivity index (χ0n) is 18.8. The van der Waals surface area contributed by atoms with Crippen molar-refractivity contribution in [1.29, 1.82) is 0 Å². The van der Waals surface area contributed by atoms with E-state index in [-0.39, 0.29) is 12.6 Å². The van der Waals surface area contributed by atoms with Crippen LogP contribution in [0.5, 0.6) is 5.75 Å². The summed E-state index contributed by atoms with van der Waals surface area (Å²) in [5.41, 5.74) is 4.47. The lowest BCUT2D eigenvalue weighted by Crippen LogP contribution is -2.58. The number of hydrogen-bond donors (Lipinski definition) is 2. The number of carbonyl (C=O) groups excluding carboxylic acids is 1. The molecule has 1 aliphatic rings. The van der Waals surface area contributed by atoms with Gasteiger partial charge in [-0.25, -0.2) is 4.98 Å². The maximum absolute atomic E-state index is 12.1. The normalized spacial score (nSPS) is 17.8. The second kappa shape index (κ2) is 10.7. The van der Waals surface area contributed by atoms with E-state index in [0.29, 0.717) is 31.9 Å². The summed E-state index contributed by atoms with van der Waals surface area (Å²) in [6.45, 7) is 6.77. The van der Waals surface area contributed by atoms with E-state index in [9.17, 15) is 9.90 Å². The van der Waals surface area contributed by atoms with Crippen molar-refractivity contribution in [3.05, 3.63) is 63.9 Å². The van der Waals surface area contributed by atoms with Gasteiger partial charge in [-0.2, -0.15) is 4.79 Å². The molecule has 2 amide bonds. The van der Waals surface area contributed by atoms with E-state index in [0.717, 1.165) is 20.8 Å². The lowest BCUT2D eigenvalue weighted by Gasteiger charge is -2.37. The van der Waals surface area contributed by atoms with Crippen LogP contribution in [0.15, 0.2) is 48.5 Å². The van der Waals surface area contributed by atoms with Crippen LogP contribution in [0, 0.1) is 13.0 Å². The number of nitrogens with one attached hydrogen (secondary N) is 1. The Bertz CT molecular complexity index is 1160. The molecule has 33 heavy (non-hydrogen) atoms. The lowest BCUT2D eigenvalue weighted by molar-refractivity contribution is 0.0124. The van der Waals surface area contributed by atoms with Crippen LogP contribution in [-0.4, -0.2) is 71.0 Å². The number of aliphatic hydroxyl groups is 1. The number of β-amino-alcohol motifs (C(OH)–C–C–N with tert-alkyl or cyclic N) is 1. The quantitative estimate of drug-likeness (QED) is 0.580. The molecule has 1 aliphatic heterocycles. The largest absolute Gasteiger partial charge is 0.617 e. The Hall–Kier alpha value is -3.03. The van der Waals surface area contributed by atoms with Gasteiger partial charge in [0, 0.05) is 25.2 Å². The zero-order chi connectivity index (χ0) is 23.2. The molecule has 1 aromatic heterocycles. The number of thiazole rings is 1. The van der Waals surface area contributed by atoms with Crippen molar-refractivity contribution in [2.24, 2.45) is 0 Å². The summed E-state index contributed by atoms with van der Waals surface area (Å²) in [5, 5.41) is 13.4. The van der Waals surface area contributed by atoms with E-state index in [4.69, 9.17) is 4.74 Å². The van der Waals surface area contributed by atoms with Gasteiger partial charge in [-0.3, -0.25) is 4.90 Å². The van der Waals surface area contributed by atoms with Gasteiger partial charge in [0.05, 0.1) is 33.9 Å². The highest BCUT2D eigenvalue weighted by Gasteiger charge is 2.29. The number of hydrogen-bond acceptors (Lipinski definition) is 7. The van der Waals surface area contributed by atoms with E-state index >= 15 is 0 Å². The molecule has 8 nitrogen and oxygen atoms in total. The lowest BCUT2D eigenvalue weighted by atomic mass is 10.2. The highest BCUT2D eigenvalue weighted by Crippen LogP contribution is 2.25. The van der Waals surface area contributed by atoms with Gasteiger partial charge in [0.2, 0.25) is 0 Å². The monoisotopic (exact) mass is 466 g/mol. The topological polar surface area (TPSA) is 82.3 Å². The summed E-state index contributed by atoms with van der Waals surface area (Å²) in [6, 6.07) is 17.6. The van der Waals surface area contributed by atoms with Gasteiger partial charge in [0.1, 0.15) is 18.5 Å². The van der Waals surface area contributed by atoms with Crippen LogP contribution in [0.4, 0.5) is 4.79 Å². The van der Waals surface area contributed by atoms with E-state index in [1.54, 1.807) is 11.3 Å². The molecule has 2 N–H and O–H groups in total. The number of hydrazine groups is 1. The minimum Gasteiger partial charge on any atom is -0.491 e. The summed E-state index contributed by atoms with van der Waals surface area (Å²) in [4.78, 5) is 22.6. The van der Waals surface area contributed by atoms with Crippen molar-refractivity contribution < 1.29 is 14.6 Å². The first kappa shape index (κ1) is 23.1. The Morgan fingerprint density at radius 3 is 2.94 bits per heavy atom. The third-order valence-electron chi connectivity index (χ3n) is 5.43. The maximum atomic E-state index is 12.1. The molecule has 4 rings (SSSR count). The van der Waals surface area contributed by atoms with Crippen LogP contribution >= 0.6 is 11.3 Å². The van der Waals surface area contributed by atoms with Gasteiger partial charge in [-0.15, -0.1) is 26.6 Å². The van der Waals surface area contributed by atoms with Crippen LogP contribution in [0.3, 0.4) is 0 Å². The number of fused-ring (bicyclic) bond motifs is 1. The average Bonchev–Trinajstić information content (AvgIpc) is 3.18. The molecular formula is C24H28N5O3S+. The first-order valence-electron chi connectivity index (χ1n) is 11.0. The fourth-order valence-corrected chi connectivity index (χ4v) is 4.59. The maximum Gasteiger partial charge on any atom is 0.617 e. The Kier molecular flexibility index (Phi) is 7.52. The van der Waals surface area contributed by atoms with Crippen LogP contribution < -0.4 is 10.2 Å². The number of aryl methyl sites for hydroxylation is 1. The molecular weight excluding hydrogens is 438 g/mol. The van der Waals surface area contributed by atoms with Gasteiger partial charge < -0.3 is 9.84 Å². The molecule has 9 heteroatoms. The van der Waals surface area contributed by atoms with Crippen LogP contribution in [0.25, 0.3) is 15.1 Å². The molecule has 1 saturated heterocycles. The molecule has 1 fully saturated rings. The molecule has 2 heterocycles. The van der Waals surface area contributed by atoms with Crippen molar-refractivity contribution in [2.75, 3.05) is 32.8 Å². The van der Waals surface area contributed by atoms with Crippen LogP contribution in [-0.2, 0) is 0 Å². The summed E-state index contributed by atoms with van der Waals surface area (Å²) < 4.78 is 6.93. The first-order valence-corrected chi connectivity index (χ1v) is 11.8. The number of aromatic nitrogens is 1. The molecule has 0 bridgehead atoms. The fourth-order valence-electron chi connectivity index (χ4n) is 3.78. The Balaban J connectivity index is 1.21. The third-order valence-corrected chi connectivity index (χ3v) is 6.38. The highest BCUT2D eigenvalue weighted by atomic mass is 32.1. The van der Waals surface area contributed by atoms with Gasteiger partial charge in [0.15, 0.2) is 6.07 Å². The van der Waals surface area contributed by atoms with E-state index in [1.165, 1.54) is 0 Å². The first-order chi connectivity index (χ1) is 16.0. The standard InChI is InChI=1S/C24H27N5O3S/c1-17-14-29(27-24(31)25-13-19-6-4-3-5-7-19)11-10-28(17)15-20(30)16-32-21-8-9-23-22(12-21)26-18(2)33-23/h3-9,12,17,20,30H,10-11,14-16H2,1-2H3/p+1/t17-,20+/m0/s1. The number of rotatable bonds is 6. The van der Waals surface area contributed by atoms with Crippen molar-refractivity contribution >= 4 is 27.6 Å². The molecule has 0 aliphatic carbocycles. The predicted molar refractivity (Wildman–Crippen MR) is 130 cm³/mol. The van der Waals surface area contributed by atoms with Gasteiger partial charge in [-0.05, 0) is 38.1 Å². The number of urea groups is 1. The number of carbonyl (C=O) groups is 1. The summed E-state index contributed by atoms with van der Waals surface area (Å²) in [6.07, 6.45) is -0.619. The molecule has 0 spiro atoms. The Labute approximate surface area is 197 Å². The van der Waals surface area contributed by atoms with Crippen molar-refractivity contribution in [2.45, 2.75) is 26.0 Å². The number of amides is 2. The smallest absolute Gasteiger partial charge is 0.491 e. The number of nitrogens with zero attached hydrogens (tertiary/aromatic N) is 4. The average molecular weight is 467 g/mol. The minimum atomic E-state index is -0.619. The molecule has 2 atom stereocenters. The van der Waals surface area contributed by atoms with Gasteiger partial charge in [0.25, 0.3) is 0 Å². The molecule has 172 valence electrons. The van der Waals surface area contributed by atoms with E-state index in [1.807, 2.05) is 60.5 Å². The number of benzene rings is 2. The van der Waals surface area contributed by atoms with Crippen molar-refractivity contribution in [3.8, 4) is 11.8 Å². The molecule has 2 aromatic carbocycles. The molecule has 3 aromatic rings. The zero-order valence-corrected chi connectivity index (χ0v) is 19.6. The minimum absolute atomic E-state index is 0.158. The Morgan fingerprint density at radius 1 is 1.33 bits per heavy atom. The summed E-state index contributed by atoms with van der Waals surface area (Å²) in [7, 11) is 0.